The molecule has 0 spiro atoms. The number of rotatable bonds is 5. The summed E-state index contributed by atoms with van der Waals surface area (Å²) in [5.41, 5.74) is 5.89. The fraction of sp³-hybridized carbons (Fsp3) is 0.917. The molecule has 0 aromatic carbocycles. The Labute approximate surface area is 97.8 Å². The summed E-state index contributed by atoms with van der Waals surface area (Å²) in [6.45, 7) is 4.35. The minimum absolute atomic E-state index is 0.00375. The van der Waals surface area contributed by atoms with Crippen LogP contribution in [0.25, 0.3) is 0 Å². The molecule has 0 radical (unpaired) electrons. The highest BCUT2D eigenvalue weighted by Gasteiger charge is 2.30. The Morgan fingerprint density at radius 1 is 1.44 bits per heavy atom. The molecular formula is C12H24N2O2. The van der Waals surface area contributed by atoms with Crippen LogP contribution in [0, 0.1) is 5.92 Å². The lowest BCUT2D eigenvalue weighted by molar-refractivity contribution is -0.136. The smallest absolute Gasteiger partial charge is 0.240 e. The van der Waals surface area contributed by atoms with Crippen LogP contribution in [0.3, 0.4) is 0 Å². The summed E-state index contributed by atoms with van der Waals surface area (Å²) >= 11 is 0. The van der Waals surface area contributed by atoms with Gasteiger partial charge in [-0.15, -0.1) is 0 Å². The summed E-state index contributed by atoms with van der Waals surface area (Å²) in [5.74, 6) is 0.144. The van der Waals surface area contributed by atoms with E-state index in [2.05, 4.69) is 0 Å². The molecule has 1 aliphatic rings. The zero-order valence-corrected chi connectivity index (χ0v) is 10.4. The number of hydrogen-bond donors (Lipinski definition) is 2. The quantitative estimate of drug-likeness (QED) is 0.729. The van der Waals surface area contributed by atoms with E-state index in [1.54, 1.807) is 4.90 Å². The number of amides is 1. The van der Waals surface area contributed by atoms with Gasteiger partial charge >= 0.3 is 0 Å². The Kier molecular flexibility index (Phi) is 5.22. The average Bonchev–Trinajstić information content (AvgIpc) is 2.76. The zero-order chi connectivity index (χ0) is 12.1. The molecule has 0 aliphatic heterocycles. The second kappa shape index (κ2) is 6.21. The van der Waals surface area contributed by atoms with Crippen LogP contribution < -0.4 is 5.73 Å². The molecule has 0 aromatic heterocycles. The summed E-state index contributed by atoms with van der Waals surface area (Å²) < 4.78 is 0. The normalized spacial score (nSPS) is 19.1. The van der Waals surface area contributed by atoms with Gasteiger partial charge in [-0.05, 0) is 18.8 Å². The fourth-order valence-electron chi connectivity index (χ4n) is 2.27. The van der Waals surface area contributed by atoms with Gasteiger partial charge in [-0.1, -0.05) is 26.7 Å². The van der Waals surface area contributed by atoms with Crippen LogP contribution in [0.2, 0.25) is 0 Å². The van der Waals surface area contributed by atoms with Crippen molar-refractivity contribution in [3.05, 3.63) is 0 Å². The second-order valence-electron chi connectivity index (χ2n) is 4.96. The Balaban J connectivity index is 2.64. The van der Waals surface area contributed by atoms with Gasteiger partial charge in [0.05, 0.1) is 12.6 Å². The van der Waals surface area contributed by atoms with Crippen LogP contribution in [0.15, 0.2) is 0 Å². The number of hydrogen-bond acceptors (Lipinski definition) is 3. The van der Waals surface area contributed by atoms with Gasteiger partial charge < -0.3 is 15.7 Å². The van der Waals surface area contributed by atoms with Gasteiger partial charge in [-0.25, -0.2) is 0 Å². The van der Waals surface area contributed by atoms with E-state index >= 15 is 0 Å². The Bertz CT molecular complexity index is 225. The standard InChI is InChI=1S/C12H24N2O2/c1-9(2)11(13)12(16)14(7-8-15)10-5-3-4-6-10/h9-11,15H,3-8,13H2,1-2H3/t11-/m0/s1. The van der Waals surface area contributed by atoms with Crippen LogP contribution in [-0.2, 0) is 4.79 Å². The molecule has 0 unspecified atom stereocenters. The highest BCUT2D eigenvalue weighted by atomic mass is 16.3. The summed E-state index contributed by atoms with van der Waals surface area (Å²) in [7, 11) is 0. The largest absolute Gasteiger partial charge is 0.395 e. The average molecular weight is 228 g/mol. The summed E-state index contributed by atoms with van der Waals surface area (Å²) in [6, 6.07) is -0.142. The molecule has 0 heterocycles. The third-order valence-corrected chi connectivity index (χ3v) is 3.39. The monoisotopic (exact) mass is 228 g/mol. The minimum atomic E-state index is -0.438. The van der Waals surface area contributed by atoms with Gasteiger partial charge in [-0.2, -0.15) is 0 Å². The Hall–Kier alpha value is -0.610. The van der Waals surface area contributed by atoms with Crippen molar-refractivity contribution >= 4 is 5.91 Å². The first kappa shape index (κ1) is 13.5. The van der Waals surface area contributed by atoms with Crippen molar-refractivity contribution in [1.29, 1.82) is 0 Å². The molecule has 16 heavy (non-hydrogen) atoms. The number of carbonyl (C=O) groups is 1. The van der Waals surface area contributed by atoms with Gasteiger partial charge in [0.2, 0.25) is 5.91 Å². The van der Waals surface area contributed by atoms with Gasteiger partial charge in [-0.3, -0.25) is 4.79 Å². The molecule has 4 nitrogen and oxygen atoms in total. The van der Waals surface area contributed by atoms with Crippen LogP contribution in [0.4, 0.5) is 0 Å². The van der Waals surface area contributed by atoms with Gasteiger partial charge in [0.15, 0.2) is 0 Å². The lowest BCUT2D eigenvalue weighted by Crippen LogP contribution is -2.50. The predicted molar refractivity (Wildman–Crippen MR) is 63.9 cm³/mol. The second-order valence-corrected chi connectivity index (χ2v) is 4.96. The number of aliphatic hydroxyl groups is 1. The molecular weight excluding hydrogens is 204 g/mol. The Morgan fingerprint density at radius 3 is 2.44 bits per heavy atom. The van der Waals surface area contributed by atoms with Crippen molar-refractivity contribution in [3.63, 3.8) is 0 Å². The third-order valence-electron chi connectivity index (χ3n) is 3.39. The molecule has 0 bridgehead atoms. The Morgan fingerprint density at radius 2 is 2.00 bits per heavy atom. The molecule has 0 aromatic rings. The van der Waals surface area contributed by atoms with Gasteiger partial charge in [0.25, 0.3) is 0 Å². The summed E-state index contributed by atoms with van der Waals surface area (Å²) in [6.07, 6.45) is 4.46. The molecule has 4 heteroatoms. The zero-order valence-electron chi connectivity index (χ0n) is 10.4. The van der Waals surface area contributed by atoms with Crippen LogP contribution >= 0.6 is 0 Å². The maximum Gasteiger partial charge on any atom is 0.240 e. The number of aliphatic hydroxyl groups excluding tert-OH is 1. The molecule has 1 amide bonds. The molecule has 1 rings (SSSR count). The van der Waals surface area contributed by atoms with E-state index in [9.17, 15) is 4.79 Å². The van der Waals surface area contributed by atoms with Crippen molar-refractivity contribution in [3.8, 4) is 0 Å². The maximum absolute atomic E-state index is 12.2. The van der Waals surface area contributed by atoms with E-state index in [1.807, 2.05) is 13.8 Å². The highest BCUT2D eigenvalue weighted by molar-refractivity contribution is 5.82. The minimum Gasteiger partial charge on any atom is -0.395 e. The van der Waals surface area contributed by atoms with E-state index in [1.165, 1.54) is 12.8 Å². The number of nitrogens with zero attached hydrogens (tertiary/aromatic N) is 1. The molecule has 1 fully saturated rings. The van der Waals surface area contributed by atoms with E-state index in [4.69, 9.17) is 10.8 Å². The molecule has 1 atom stereocenters. The SMILES string of the molecule is CC(C)[C@H](N)C(=O)N(CCO)C1CCCC1. The van der Waals surface area contributed by atoms with E-state index in [-0.39, 0.29) is 18.4 Å². The first-order valence-corrected chi connectivity index (χ1v) is 6.24. The van der Waals surface area contributed by atoms with Crippen molar-refractivity contribution in [2.45, 2.75) is 51.6 Å². The third kappa shape index (κ3) is 3.19. The molecule has 0 saturated heterocycles. The maximum atomic E-state index is 12.2. The van der Waals surface area contributed by atoms with Crippen molar-refractivity contribution in [1.82, 2.24) is 4.90 Å². The van der Waals surface area contributed by atoms with Crippen LogP contribution in [-0.4, -0.2) is 41.1 Å². The van der Waals surface area contributed by atoms with Gasteiger partial charge in [0, 0.05) is 12.6 Å². The van der Waals surface area contributed by atoms with Crippen molar-refractivity contribution in [2.24, 2.45) is 11.7 Å². The summed E-state index contributed by atoms with van der Waals surface area (Å²) in [5, 5.41) is 9.03. The first-order valence-electron chi connectivity index (χ1n) is 6.24. The van der Waals surface area contributed by atoms with Crippen LogP contribution in [0.5, 0.6) is 0 Å². The molecule has 94 valence electrons. The topological polar surface area (TPSA) is 66.6 Å². The van der Waals surface area contributed by atoms with Crippen molar-refractivity contribution in [2.75, 3.05) is 13.2 Å². The number of carbonyl (C=O) groups excluding carboxylic acids is 1. The van der Waals surface area contributed by atoms with Crippen molar-refractivity contribution < 1.29 is 9.90 Å². The highest BCUT2D eigenvalue weighted by Crippen LogP contribution is 2.24. The van der Waals surface area contributed by atoms with E-state index < -0.39 is 6.04 Å². The van der Waals surface area contributed by atoms with Gasteiger partial charge in [0.1, 0.15) is 0 Å². The molecule has 3 N–H and O–H groups in total. The van der Waals surface area contributed by atoms with Crippen LogP contribution in [0.1, 0.15) is 39.5 Å². The first-order chi connectivity index (χ1) is 7.57. The summed E-state index contributed by atoms with van der Waals surface area (Å²) in [4.78, 5) is 13.9. The number of nitrogens with two attached hydrogens (primary N) is 1. The van der Waals surface area contributed by atoms with E-state index in [0.717, 1.165) is 12.8 Å². The molecule has 1 saturated carbocycles. The lowest BCUT2D eigenvalue weighted by atomic mass is 10.0. The van der Waals surface area contributed by atoms with E-state index in [0.29, 0.717) is 12.6 Å². The molecule has 1 aliphatic carbocycles. The lowest BCUT2D eigenvalue weighted by Gasteiger charge is -2.31. The predicted octanol–water partition coefficient (Wildman–Crippen LogP) is 0.733. The fourth-order valence-corrected chi connectivity index (χ4v) is 2.27.